The molecule has 1 aromatic heterocycles. The van der Waals surface area contributed by atoms with Gasteiger partial charge >= 0.3 is 0 Å². The molecule has 0 aliphatic carbocycles. The minimum Gasteiger partial charge on any atom is -0.398 e. The van der Waals surface area contributed by atoms with Crippen molar-refractivity contribution in [3.8, 4) is 0 Å². The Hall–Kier alpha value is -1.42. The number of aromatic nitrogens is 1. The maximum atomic E-state index is 6.04. The van der Waals surface area contributed by atoms with Crippen LogP contribution in [0.15, 0.2) is 24.4 Å². The summed E-state index contributed by atoms with van der Waals surface area (Å²) in [6.45, 7) is 4.26. The molecule has 0 amide bonds. The van der Waals surface area contributed by atoms with Crippen LogP contribution in [0.3, 0.4) is 0 Å². The summed E-state index contributed by atoms with van der Waals surface area (Å²) in [5, 5.41) is 2.30. The molecule has 0 unspecified atom stereocenters. The van der Waals surface area contributed by atoms with E-state index in [1.165, 1.54) is 22.6 Å². The summed E-state index contributed by atoms with van der Waals surface area (Å²) in [6.07, 6.45) is 1.89. The van der Waals surface area contributed by atoms with Crippen LogP contribution in [-0.2, 0) is 0 Å². The number of aryl methyl sites for hydroxylation is 1. The Labute approximate surface area is 111 Å². The predicted molar refractivity (Wildman–Crippen MR) is 80.4 cm³/mol. The van der Waals surface area contributed by atoms with Crippen molar-refractivity contribution in [2.45, 2.75) is 6.92 Å². The third-order valence-corrected chi connectivity index (χ3v) is 4.34. The Balaban J connectivity index is 2.16. The number of nitrogens with zero attached hydrogens (tertiary/aromatic N) is 2. The van der Waals surface area contributed by atoms with E-state index in [2.05, 4.69) is 22.0 Å². The average Bonchev–Trinajstić information content (AvgIpc) is 2.40. The minimum absolute atomic E-state index is 0.813. The van der Waals surface area contributed by atoms with Crippen molar-refractivity contribution in [2.75, 3.05) is 35.2 Å². The maximum Gasteiger partial charge on any atom is 0.0449 e. The van der Waals surface area contributed by atoms with Crippen LogP contribution in [0.5, 0.6) is 0 Å². The first kappa shape index (κ1) is 11.7. The maximum absolute atomic E-state index is 6.04. The van der Waals surface area contributed by atoms with Crippen LogP contribution < -0.4 is 10.6 Å². The number of anilines is 2. The molecule has 1 saturated heterocycles. The van der Waals surface area contributed by atoms with Gasteiger partial charge in [-0.25, -0.2) is 0 Å². The van der Waals surface area contributed by atoms with E-state index in [0.29, 0.717) is 0 Å². The Bertz CT molecular complexity index is 577. The third-order valence-electron chi connectivity index (χ3n) is 3.40. The van der Waals surface area contributed by atoms with Gasteiger partial charge in [0.2, 0.25) is 0 Å². The lowest BCUT2D eigenvalue weighted by Gasteiger charge is -2.29. The first-order valence-electron chi connectivity index (χ1n) is 6.23. The second-order valence-corrected chi connectivity index (χ2v) is 5.87. The number of hydrogen-bond acceptors (Lipinski definition) is 4. The summed E-state index contributed by atoms with van der Waals surface area (Å²) in [6, 6.07) is 6.28. The number of hydrogen-bond donors (Lipinski definition) is 1. The molecule has 94 valence electrons. The Kier molecular flexibility index (Phi) is 3.04. The monoisotopic (exact) mass is 259 g/mol. The molecular weight excluding hydrogens is 242 g/mol. The van der Waals surface area contributed by atoms with Crippen LogP contribution in [0.4, 0.5) is 11.4 Å². The lowest BCUT2D eigenvalue weighted by Crippen LogP contribution is -2.32. The zero-order chi connectivity index (χ0) is 12.5. The summed E-state index contributed by atoms with van der Waals surface area (Å²) in [4.78, 5) is 6.81. The van der Waals surface area contributed by atoms with E-state index >= 15 is 0 Å². The summed E-state index contributed by atoms with van der Waals surface area (Å²) >= 11 is 2.03. The van der Waals surface area contributed by atoms with E-state index in [1.54, 1.807) is 0 Å². The van der Waals surface area contributed by atoms with Gasteiger partial charge in [-0.3, -0.25) is 4.98 Å². The van der Waals surface area contributed by atoms with Crippen LogP contribution in [0.1, 0.15) is 5.69 Å². The van der Waals surface area contributed by atoms with Crippen LogP contribution in [0.25, 0.3) is 10.8 Å². The largest absolute Gasteiger partial charge is 0.398 e. The van der Waals surface area contributed by atoms with Gasteiger partial charge < -0.3 is 10.6 Å². The molecule has 3 nitrogen and oxygen atoms in total. The molecule has 0 radical (unpaired) electrons. The Morgan fingerprint density at radius 3 is 2.78 bits per heavy atom. The third kappa shape index (κ3) is 2.01. The van der Waals surface area contributed by atoms with Crippen molar-refractivity contribution >= 4 is 33.9 Å². The first-order chi connectivity index (χ1) is 8.75. The van der Waals surface area contributed by atoms with E-state index in [-0.39, 0.29) is 0 Å². The lowest BCUT2D eigenvalue weighted by molar-refractivity contribution is 0.863. The van der Waals surface area contributed by atoms with E-state index in [0.717, 1.165) is 29.9 Å². The van der Waals surface area contributed by atoms with Crippen molar-refractivity contribution in [3.63, 3.8) is 0 Å². The molecule has 2 heterocycles. The molecule has 18 heavy (non-hydrogen) atoms. The molecule has 2 N–H and O–H groups in total. The Morgan fingerprint density at radius 2 is 2.00 bits per heavy atom. The summed E-state index contributed by atoms with van der Waals surface area (Å²) in [7, 11) is 0. The molecule has 1 fully saturated rings. The molecule has 0 atom stereocenters. The fourth-order valence-corrected chi connectivity index (χ4v) is 3.33. The highest BCUT2D eigenvalue weighted by molar-refractivity contribution is 7.99. The second kappa shape index (κ2) is 4.69. The fraction of sp³-hybridized carbons (Fsp3) is 0.357. The summed E-state index contributed by atoms with van der Waals surface area (Å²) in [5.74, 6) is 2.41. The van der Waals surface area contributed by atoms with E-state index in [1.807, 2.05) is 30.9 Å². The SMILES string of the molecule is Cc1cc2c(N3CCSCC3)ccc(N)c2cn1. The molecule has 4 heteroatoms. The highest BCUT2D eigenvalue weighted by Gasteiger charge is 2.14. The molecule has 0 spiro atoms. The molecule has 1 aliphatic heterocycles. The van der Waals surface area contributed by atoms with Gasteiger partial charge in [-0.1, -0.05) is 0 Å². The molecule has 1 aliphatic rings. The van der Waals surface area contributed by atoms with Crippen molar-refractivity contribution in [1.82, 2.24) is 4.98 Å². The smallest absolute Gasteiger partial charge is 0.0449 e. The molecule has 0 bridgehead atoms. The van der Waals surface area contributed by atoms with Crippen molar-refractivity contribution < 1.29 is 0 Å². The second-order valence-electron chi connectivity index (χ2n) is 4.64. The van der Waals surface area contributed by atoms with Gasteiger partial charge in [0.15, 0.2) is 0 Å². The Morgan fingerprint density at radius 1 is 1.22 bits per heavy atom. The first-order valence-corrected chi connectivity index (χ1v) is 7.39. The summed E-state index contributed by atoms with van der Waals surface area (Å²) in [5.41, 5.74) is 9.19. The van der Waals surface area contributed by atoms with Gasteiger partial charge in [0.25, 0.3) is 0 Å². The number of nitrogens with two attached hydrogens (primary N) is 1. The minimum atomic E-state index is 0.813. The quantitative estimate of drug-likeness (QED) is 0.800. The molecule has 3 rings (SSSR count). The lowest BCUT2D eigenvalue weighted by atomic mass is 10.1. The van der Waals surface area contributed by atoms with Gasteiger partial charge in [-0.05, 0) is 25.1 Å². The van der Waals surface area contributed by atoms with Crippen LogP contribution >= 0.6 is 11.8 Å². The summed E-state index contributed by atoms with van der Waals surface area (Å²) < 4.78 is 0. The number of thioether (sulfide) groups is 1. The number of pyridine rings is 1. The fourth-order valence-electron chi connectivity index (χ4n) is 2.43. The topological polar surface area (TPSA) is 42.1 Å². The van der Waals surface area contributed by atoms with Crippen molar-refractivity contribution in [1.29, 1.82) is 0 Å². The average molecular weight is 259 g/mol. The van der Waals surface area contributed by atoms with Crippen LogP contribution in [0, 0.1) is 6.92 Å². The normalized spacial score (nSPS) is 16.2. The van der Waals surface area contributed by atoms with Crippen molar-refractivity contribution in [3.05, 3.63) is 30.1 Å². The van der Waals surface area contributed by atoms with Gasteiger partial charge in [0.05, 0.1) is 0 Å². The number of nitrogen functional groups attached to an aromatic ring is 1. The van der Waals surface area contributed by atoms with Crippen molar-refractivity contribution in [2.24, 2.45) is 0 Å². The zero-order valence-corrected chi connectivity index (χ0v) is 11.3. The van der Waals surface area contributed by atoms with Gasteiger partial charge in [0.1, 0.15) is 0 Å². The molecule has 0 saturated carbocycles. The van der Waals surface area contributed by atoms with E-state index in [4.69, 9.17) is 5.73 Å². The van der Waals surface area contributed by atoms with Gasteiger partial charge in [0, 0.05) is 58.6 Å². The standard InChI is InChI=1S/C14H17N3S/c1-10-8-11-12(9-16-10)13(15)2-3-14(11)17-4-6-18-7-5-17/h2-3,8-9H,4-7,15H2,1H3. The predicted octanol–water partition coefficient (Wildman–Crippen LogP) is 2.68. The molecule has 2 aromatic rings. The number of benzene rings is 1. The van der Waals surface area contributed by atoms with Crippen LogP contribution in [0.2, 0.25) is 0 Å². The number of fused-ring (bicyclic) bond motifs is 1. The van der Waals surface area contributed by atoms with E-state index < -0.39 is 0 Å². The highest BCUT2D eigenvalue weighted by atomic mass is 32.2. The van der Waals surface area contributed by atoms with Gasteiger partial charge in [-0.2, -0.15) is 11.8 Å². The molecular formula is C14H17N3S. The van der Waals surface area contributed by atoms with E-state index in [9.17, 15) is 0 Å². The zero-order valence-electron chi connectivity index (χ0n) is 10.5. The molecule has 1 aromatic carbocycles. The van der Waals surface area contributed by atoms with Gasteiger partial charge in [-0.15, -0.1) is 0 Å². The highest BCUT2D eigenvalue weighted by Crippen LogP contribution is 2.32. The number of rotatable bonds is 1. The van der Waals surface area contributed by atoms with Crippen LogP contribution in [-0.4, -0.2) is 29.6 Å².